The molecule has 1 aliphatic rings. The van der Waals surface area contributed by atoms with Gasteiger partial charge in [-0.1, -0.05) is 36.4 Å². The zero-order chi connectivity index (χ0) is 20.7. The molecule has 1 atom stereocenters. The molecule has 0 bridgehead atoms. The highest BCUT2D eigenvalue weighted by Crippen LogP contribution is 2.42. The Morgan fingerprint density at radius 2 is 1.87 bits per heavy atom. The number of hydrogen-bond acceptors (Lipinski definition) is 5. The predicted octanol–water partition coefficient (Wildman–Crippen LogP) is 5.54. The molecule has 3 heterocycles. The smallest absolute Gasteiger partial charge is 0.138 e. The van der Waals surface area contributed by atoms with Gasteiger partial charge >= 0.3 is 0 Å². The van der Waals surface area contributed by atoms with E-state index in [4.69, 9.17) is 4.84 Å². The Hall–Kier alpha value is -3.75. The number of nitrogens with zero attached hydrogens (tertiary/aromatic N) is 3. The van der Waals surface area contributed by atoms with Crippen molar-refractivity contribution in [1.82, 2.24) is 9.97 Å². The third-order valence-electron chi connectivity index (χ3n) is 5.67. The predicted molar refractivity (Wildman–Crippen MR) is 117 cm³/mol. The average Bonchev–Trinajstić information content (AvgIpc) is 3.24. The Kier molecular flexibility index (Phi) is 4.23. The maximum atomic E-state index is 9.40. The van der Waals surface area contributed by atoms with E-state index in [1.165, 1.54) is 0 Å². The van der Waals surface area contributed by atoms with Crippen LogP contribution in [0.3, 0.4) is 0 Å². The second-order valence-corrected chi connectivity index (χ2v) is 8.02. The minimum Gasteiger partial charge on any atom is -0.264 e. The van der Waals surface area contributed by atoms with Crippen molar-refractivity contribution >= 4 is 16.6 Å². The number of hydrogen-bond donors (Lipinski definition) is 1. The number of fused-ring (bicyclic) bond motifs is 3. The van der Waals surface area contributed by atoms with Crippen molar-refractivity contribution in [2.24, 2.45) is 0 Å². The second kappa shape index (κ2) is 6.94. The molecule has 30 heavy (non-hydrogen) atoms. The van der Waals surface area contributed by atoms with Gasteiger partial charge in [-0.3, -0.25) is 20.3 Å². The molecular weight excluding hydrogens is 372 g/mol. The van der Waals surface area contributed by atoms with Crippen LogP contribution >= 0.6 is 0 Å². The van der Waals surface area contributed by atoms with Crippen LogP contribution in [0, 0.1) is 11.3 Å². The molecule has 2 aromatic carbocycles. The highest BCUT2D eigenvalue weighted by atomic mass is 16.7. The van der Waals surface area contributed by atoms with Crippen LogP contribution in [-0.4, -0.2) is 9.97 Å². The van der Waals surface area contributed by atoms with Crippen molar-refractivity contribution in [2.75, 3.05) is 5.48 Å². The third kappa shape index (κ3) is 2.99. The minimum absolute atomic E-state index is 0.256. The van der Waals surface area contributed by atoms with Gasteiger partial charge in [-0.15, -0.1) is 0 Å². The number of benzene rings is 2. The molecule has 1 unspecified atom stereocenters. The van der Waals surface area contributed by atoms with Gasteiger partial charge in [0.1, 0.15) is 6.10 Å². The molecule has 1 aliphatic heterocycles. The lowest BCUT2D eigenvalue weighted by molar-refractivity contribution is 0.155. The van der Waals surface area contributed by atoms with Crippen molar-refractivity contribution in [3.8, 4) is 17.2 Å². The Labute approximate surface area is 174 Å². The number of nitriles is 1. The summed E-state index contributed by atoms with van der Waals surface area (Å²) in [4.78, 5) is 14.8. The normalized spacial score (nSPS) is 15.4. The summed E-state index contributed by atoms with van der Waals surface area (Å²) in [6, 6.07) is 20.7. The van der Waals surface area contributed by atoms with Crippen molar-refractivity contribution in [1.29, 1.82) is 5.26 Å². The molecule has 2 aromatic heterocycles. The molecule has 0 saturated heterocycles. The first-order chi connectivity index (χ1) is 14.6. The van der Waals surface area contributed by atoms with E-state index in [0.717, 1.165) is 44.4 Å². The molecule has 0 spiro atoms. The zero-order valence-corrected chi connectivity index (χ0v) is 16.8. The van der Waals surface area contributed by atoms with Crippen molar-refractivity contribution in [2.45, 2.75) is 25.4 Å². The molecule has 0 aliphatic carbocycles. The van der Waals surface area contributed by atoms with Gasteiger partial charge < -0.3 is 0 Å². The topological polar surface area (TPSA) is 70.8 Å². The van der Waals surface area contributed by atoms with E-state index in [1.807, 2.05) is 68.7 Å². The van der Waals surface area contributed by atoms with Crippen LogP contribution in [0.1, 0.15) is 36.6 Å². The van der Waals surface area contributed by atoms with Gasteiger partial charge in [0.15, 0.2) is 0 Å². The summed E-state index contributed by atoms with van der Waals surface area (Å²) in [5, 5.41) is 10.4. The Balaban J connectivity index is 1.61. The lowest BCUT2D eigenvalue weighted by atomic mass is 9.85. The highest BCUT2D eigenvalue weighted by Gasteiger charge is 2.29. The fourth-order valence-electron chi connectivity index (χ4n) is 3.85. The van der Waals surface area contributed by atoms with Crippen LogP contribution in [-0.2, 0) is 10.3 Å². The van der Waals surface area contributed by atoms with Gasteiger partial charge in [0.25, 0.3) is 0 Å². The third-order valence-corrected chi connectivity index (χ3v) is 5.67. The number of rotatable bonds is 3. The van der Waals surface area contributed by atoms with Gasteiger partial charge in [0.05, 0.1) is 28.9 Å². The quantitative estimate of drug-likeness (QED) is 0.495. The molecule has 146 valence electrons. The molecule has 4 aromatic rings. The molecule has 0 saturated carbocycles. The summed E-state index contributed by atoms with van der Waals surface area (Å²) in [6.45, 7) is 3.84. The SMILES string of the molecule is CC(C)(C#N)c1ccc(C2ONc3cnc4ccc(-c5cccnc5)cc4c32)cc1. The molecule has 1 N–H and O–H groups in total. The van der Waals surface area contributed by atoms with E-state index in [9.17, 15) is 5.26 Å². The van der Waals surface area contributed by atoms with E-state index in [-0.39, 0.29) is 6.10 Å². The number of nitrogens with one attached hydrogen (secondary N) is 1. The Morgan fingerprint density at radius 3 is 2.60 bits per heavy atom. The summed E-state index contributed by atoms with van der Waals surface area (Å²) in [5.41, 5.74) is 9.51. The van der Waals surface area contributed by atoms with Crippen molar-refractivity contribution in [3.05, 3.63) is 89.9 Å². The maximum Gasteiger partial charge on any atom is 0.138 e. The van der Waals surface area contributed by atoms with Crippen molar-refractivity contribution < 1.29 is 4.84 Å². The number of pyridine rings is 2. The Bertz CT molecular complexity index is 1270. The van der Waals surface area contributed by atoms with Crippen LogP contribution in [0.25, 0.3) is 22.0 Å². The summed E-state index contributed by atoms with van der Waals surface area (Å²) in [7, 11) is 0. The molecule has 5 heteroatoms. The lowest BCUT2D eigenvalue weighted by Gasteiger charge is -2.18. The zero-order valence-electron chi connectivity index (χ0n) is 16.8. The van der Waals surface area contributed by atoms with E-state index in [1.54, 1.807) is 6.20 Å². The second-order valence-electron chi connectivity index (χ2n) is 8.02. The first-order valence-corrected chi connectivity index (χ1v) is 9.83. The van der Waals surface area contributed by atoms with E-state index >= 15 is 0 Å². The fraction of sp³-hybridized carbons (Fsp3) is 0.160. The van der Waals surface area contributed by atoms with E-state index in [2.05, 4.69) is 33.7 Å². The van der Waals surface area contributed by atoms with Gasteiger partial charge in [0, 0.05) is 28.9 Å². The fourth-order valence-corrected chi connectivity index (χ4v) is 3.85. The minimum atomic E-state index is -0.527. The summed E-state index contributed by atoms with van der Waals surface area (Å²) >= 11 is 0. The van der Waals surface area contributed by atoms with Gasteiger partial charge in [-0.05, 0) is 48.7 Å². The molecule has 5 rings (SSSR count). The van der Waals surface area contributed by atoms with Gasteiger partial charge in [-0.2, -0.15) is 5.26 Å². The monoisotopic (exact) mass is 392 g/mol. The van der Waals surface area contributed by atoms with Crippen molar-refractivity contribution in [3.63, 3.8) is 0 Å². The standard InChI is InChI=1S/C25H20N4O/c1-25(2,15-26)19-8-5-16(6-9-19)24-23-20-12-17(18-4-3-11-27-13-18)7-10-21(20)28-14-22(23)29-30-24/h3-14,24,29H,1-2H3. The van der Waals surface area contributed by atoms with Crippen LogP contribution in [0.2, 0.25) is 0 Å². The maximum absolute atomic E-state index is 9.40. The summed E-state index contributed by atoms with van der Waals surface area (Å²) in [5.74, 6) is 0. The average molecular weight is 392 g/mol. The molecule has 5 nitrogen and oxygen atoms in total. The summed E-state index contributed by atoms with van der Waals surface area (Å²) < 4.78 is 0. The first-order valence-electron chi connectivity index (χ1n) is 9.83. The molecule has 0 radical (unpaired) electrons. The molecule has 0 fully saturated rings. The Morgan fingerprint density at radius 1 is 1.03 bits per heavy atom. The van der Waals surface area contributed by atoms with E-state index < -0.39 is 5.41 Å². The largest absolute Gasteiger partial charge is 0.264 e. The number of aromatic nitrogens is 2. The van der Waals surface area contributed by atoms with Gasteiger partial charge in [-0.25, -0.2) is 0 Å². The van der Waals surface area contributed by atoms with Crippen LogP contribution < -0.4 is 5.48 Å². The highest BCUT2D eigenvalue weighted by molar-refractivity contribution is 5.91. The van der Waals surface area contributed by atoms with Crippen LogP contribution in [0.4, 0.5) is 5.69 Å². The van der Waals surface area contributed by atoms with E-state index in [0.29, 0.717) is 0 Å². The first kappa shape index (κ1) is 18.3. The van der Waals surface area contributed by atoms with Gasteiger partial charge in [0.2, 0.25) is 0 Å². The van der Waals surface area contributed by atoms with Crippen LogP contribution in [0.15, 0.2) is 73.2 Å². The lowest BCUT2D eigenvalue weighted by Crippen LogP contribution is -2.14. The summed E-state index contributed by atoms with van der Waals surface area (Å²) in [6.07, 6.45) is 5.19. The van der Waals surface area contributed by atoms with Crippen LogP contribution in [0.5, 0.6) is 0 Å². The molecular formula is C25H20N4O. The number of anilines is 1. The molecule has 0 amide bonds.